The number of nitrogens with zero attached hydrogens (tertiary/aromatic N) is 2. The number of carbonyl (C=O) groups excluding carboxylic acids is 3. The molecule has 0 aromatic heterocycles. The Bertz CT molecular complexity index is 819. The maximum atomic E-state index is 12.8. The molecule has 25 heavy (non-hydrogen) atoms. The van der Waals surface area contributed by atoms with E-state index in [-0.39, 0.29) is 47.9 Å². The third-order valence-electron chi connectivity index (χ3n) is 6.10. The van der Waals surface area contributed by atoms with Crippen LogP contribution in [-0.4, -0.2) is 35.7 Å². The number of amides is 3. The first-order chi connectivity index (χ1) is 12.0. The molecule has 5 nitrogen and oxygen atoms in total. The zero-order chi connectivity index (χ0) is 17.3. The molecule has 2 heterocycles. The fraction of sp³-hybridized carbons (Fsp3) is 0.421. The maximum absolute atomic E-state index is 12.8. The summed E-state index contributed by atoms with van der Waals surface area (Å²) >= 11 is 6.05. The van der Waals surface area contributed by atoms with Gasteiger partial charge in [-0.1, -0.05) is 29.8 Å². The summed E-state index contributed by atoms with van der Waals surface area (Å²) in [4.78, 5) is 41.0. The molecule has 2 aliphatic carbocycles. The molecule has 1 aromatic carbocycles. The predicted molar refractivity (Wildman–Crippen MR) is 91.9 cm³/mol. The summed E-state index contributed by atoms with van der Waals surface area (Å²) in [6, 6.07) is 5.50. The SMILES string of the molecule is O=C1C2C3C=CC(C3)C2C(=O)N1CC(=O)N1CCc2ccc(Cl)cc21. The van der Waals surface area contributed by atoms with E-state index in [4.69, 9.17) is 11.6 Å². The lowest BCUT2D eigenvalue weighted by atomic mass is 9.85. The van der Waals surface area contributed by atoms with Crippen molar-refractivity contribution in [3.8, 4) is 0 Å². The van der Waals surface area contributed by atoms with Crippen molar-refractivity contribution in [2.45, 2.75) is 12.8 Å². The van der Waals surface area contributed by atoms with Crippen LogP contribution in [0.2, 0.25) is 5.02 Å². The Hall–Kier alpha value is -2.14. The molecule has 1 aromatic rings. The van der Waals surface area contributed by atoms with Crippen LogP contribution in [0, 0.1) is 23.7 Å². The lowest BCUT2D eigenvalue weighted by Crippen LogP contribution is -2.43. The van der Waals surface area contributed by atoms with Crippen LogP contribution in [-0.2, 0) is 20.8 Å². The summed E-state index contributed by atoms with van der Waals surface area (Å²) < 4.78 is 0. The van der Waals surface area contributed by atoms with Crippen molar-refractivity contribution >= 4 is 35.0 Å². The molecule has 5 rings (SSSR count). The number of hydrogen-bond acceptors (Lipinski definition) is 3. The van der Waals surface area contributed by atoms with Crippen molar-refractivity contribution in [3.63, 3.8) is 0 Å². The number of benzene rings is 1. The van der Waals surface area contributed by atoms with Gasteiger partial charge in [0.15, 0.2) is 0 Å². The Morgan fingerprint density at radius 2 is 1.80 bits per heavy atom. The van der Waals surface area contributed by atoms with Crippen molar-refractivity contribution in [2.24, 2.45) is 23.7 Å². The first-order valence-electron chi connectivity index (χ1n) is 8.67. The van der Waals surface area contributed by atoms with Gasteiger partial charge in [0, 0.05) is 17.3 Å². The summed E-state index contributed by atoms with van der Waals surface area (Å²) in [5, 5.41) is 0.573. The summed E-state index contributed by atoms with van der Waals surface area (Å²) in [6.45, 7) is 0.389. The van der Waals surface area contributed by atoms with Gasteiger partial charge in [-0.05, 0) is 42.4 Å². The molecule has 2 bridgehead atoms. The number of carbonyl (C=O) groups is 3. The first-order valence-corrected chi connectivity index (χ1v) is 9.05. The second-order valence-corrected chi connectivity index (χ2v) is 7.77. The van der Waals surface area contributed by atoms with Crippen LogP contribution >= 0.6 is 11.6 Å². The van der Waals surface area contributed by atoms with Crippen LogP contribution < -0.4 is 4.90 Å². The number of fused-ring (bicyclic) bond motifs is 6. The number of rotatable bonds is 2. The second-order valence-electron chi connectivity index (χ2n) is 7.33. The van der Waals surface area contributed by atoms with E-state index in [0.717, 1.165) is 24.1 Å². The van der Waals surface area contributed by atoms with E-state index < -0.39 is 0 Å². The number of imide groups is 1. The third kappa shape index (κ3) is 2.05. The topological polar surface area (TPSA) is 57.7 Å². The predicted octanol–water partition coefficient (Wildman–Crippen LogP) is 2.04. The third-order valence-corrected chi connectivity index (χ3v) is 6.33. The highest BCUT2D eigenvalue weighted by Gasteiger charge is 2.59. The zero-order valence-electron chi connectivity index (χ0n) is 13.5. The first kappa shape index (κ1) is 15.1. The minimum atomic E-state index is -0.254. The molecule has 4 aliphatic rings. The van der Waals surface area contributed by atoms with Gasteiger partial charge in [-0.15, -0.1) is 0 Å². The highest BCUT2D eigenvalue weighted by molar-refractivity contribution is 6.31. The van der Waals surface area contributed by atoms with Gasteiger partial charge in [-0.25, -0.2) is 0 Å². The summed E-state index contributed by atoms with van der Waals surface area (Å²) in [5.41, 5.74) is 1.86. The molecule has 0 radical (unpaired) electrons. The minimum Gasteiger partial charge on any atom is -0.310 e. The normalized spacial score (nSPS) is 31.9. The van der Waals surface area contributed by atoms with Gasteiger partial charge >= 0.3 is 0 Å². The number of halogens is 1. The highest BCUT2D eigenvalue weighted by atomic mass is 35.5. The molecule has 0 spiro atoms. The van der Waals surface area contributed by atoms with Crippen LogP contribution in [0.4, 0.5) is 5.69 Å². The molecular weight excluding hydrogens is 340 g/mol. The van der Waals surface area contributed by atoms with Crippen molar-refractivity contribution in [2.75, 3.05) is 18.0 Å². The van der Waals surface area contributed by atoms with Gasteiger partial charge in [0.1, 0.15) is 6.54 Å². The molecule has 3 amide bonds. The molecule has 4 unspecified atom stereocenters. The van der Waals surface area contributed by atoms with Crippen LogP contribution in [0.25, 0.3) is 0 Å². The Kier molecular flexibility index (Phi) is 3.14. The number of likely N-dealkylation sites (tertiary alicyclic amines) is 1. The molecule has 0 N–H and O–H groups in total. The maximum Gasteiger partial charge on any atom is 0.247 e. The van der Waals surface area contributed by atoms with E-state index in [2.05, 4.69) is 12.2 Å². The molecule has 2 aliphatic heterocycles. The fourth-order valence-electron chi connectivity index (χ4n) is 4.95. The average Bonchev–Trinajstić information content (AvgIpc) is 3.34. The van der Waals surface area contributed by atoms with Gasteiger partial charge in [-0.3, -0.25) is 19.3 Å². The van der Waals surface area contributed by atoms with Crippen LogP contribution in [0.1, 0.15) is 12.0 Å². The smallest absolute Gasteiger partial charge is 0.247 e. The van der Waals surface area contributed by atoms with Crippen molar-refractivity contribution in [3.05, 3.63) is 40.9 Å². The Morgan fingerprint density at radius 3 is 2.48 bits per heavy atom. The molecule has 6 heteroatoms. The molecule has 1 saturated carbocycles. The summed E-state index contributed by atoms with van der Waals surface area (Å²) in [5.74, 6) is -0.749. The van der Waals surface area contributed by atoms with Crippen LogP contribution in [0.15, 0.2) is 30.4 Å². The molecule has 2 fully saturated rings. The summed E-state index contributed by atoms with van der Waals surface area (Å²) in [7, 11) is 0. The van der Waals surface area contributed by atoms with E-state index >= 15 is 0 Å². The van der Waals surface area contributed by atoms with Gasteiger partial charge in [0.25, 0.3) is 0 Å². The Balaban J connectivity index is 1.37. The molecular formula is C19H17ClN2O3. The van der Waals surface area contributed by atoms with Crippen LogP contribution in [0.5, 0.6) is 0 Å². The van der Waals surface area contributed by atoms with E-state index in [1.807, 2.05) is 12.1 Å². The summed E-state index contributed by atoms with van der Waals surface area (Å²) in [6.07, 6.45) is 5.77. The monoisotopic (exact) mass is 356 g/mol. The number of allylic oxidation sites excluding steroid dienone is 2. The van der Waals surface area contributed by atoms with Crippen molar-refractivity contribution < 1.29 is 14.4 Å². The lowest BCUT2D eigenvalue weighted by molar-refractivity contribution is -0.143. The molecule has 4 atom stereocenters. The standard InChI is InChI=1S/C19H17ClN2O3/c20-13-4-3-10-5-6-21(14(10)8-13)15(23)9-22-18(24)16-11-1-2-12(7-11)17(16)19(22)25/h1-4,8,11-12,16-17H,5-7,9H2. The van der Waals surface area contributed by atoms with E-state index in [1.54, 1.807) is 11.0 Å². The second kappa shape index (κ2) is 5.18. The fourth-order valence-corrected chi connectivity index (χ4v) is 5.12. The van der Waals surface area contributed by atoms with Gasteiger partial charge in [0.2, 0.25) is 17.7 Å². The van der Waals surface area contributed by atoms with Gasteiger partial charge < -0.3 is 4.90 Å². The molecule has 128 valence electrons. The number of hydrogen-bond donors (Lipinski definition) is 0. The van der Waals surface area contributed by atoms with Crippen LogP contribution in [0.3, 0.4) is 0 Å². The van der Waals surface area contributed by atoms with Gasteiger partial charge in [0.05, 0.1) is 11.8 Å². The van der Waals surface area contributed by atoms with Crippen molar-refractivity contribution in [1.82, 2.24) is 4.90 Å². The van der Waals surface area contributed by atoms with E-state index in [9.17, 15) is 14.4 Å². The van der Waals surface area contributed by atoms with Crippen molar-refractivity contribution in [1.29, 1.82) is 0 Å². The Morgan fingerprint density at radius 1 is 1.12 bits per heavy atom. The lowest BCUT2D eigenvalue weighted by Gasteiger charge is -2.22. The van der Waals surface area contributed by atoms with E-state index in [1.165, 1.54) is 4.90 Å². The zero-order valence-corrected chi connectivity index (χ0v) is 14.3. The minimum absolute atomic E-state index is 0.165. The van der Waals surface area contributed by atoms with E-state index in [0.29, 0.717) is 11.6 Å². The largest absolute Gasteiger partial charge is 0.310 e. The highest BCUT2D eigenvalue weighted by Crippen LogP contribution is 2.52. The average molecular weight is 357 g/mol. The van der Waals surface area contributed by atoms with Gasteiger partial charge in [-0.2, -0.15) is 0 Å². The molecule has 1 saturated heterocycles. The Labute approximate surface area is 150 Å². The quantitative estimate of drug-likeness (QED) is 0.602. The number of anilines is 1.